The molecule has 8 heteroatoms. The lowest BCUT2D eigenvalue weighted by Gasteiger charge is -2.11. The van der Waals surface area contributed by atoms with Crippen LogP contribution in [0.5, 0.6) is 0 Å². The van der Waals surface area contributed by atoms with E-state index in [0.29, 0.717) is 0 Å². The minimum absolute atomic E-state index is 0.0623. The summed E-state index contributed by atoms with van der Waals surface area (Å²) in [5.41, 5.74) is -0.292. The van der Waals surface area contributed by atoms with Gasteiger partial charge in [0.2, 0.25) is 0 Å². The third-order valence-electron chi connectivity index (χ3n) is 1.61. The van der Waals surface area contributed by atoms with Crippen molar-refractivity contribution in [2.24, 2.45) is 0 Å². The Morgan fingerprint density at radius 2 is 1.82 bits per heavy atom. The maximum absolute atomic E-state index is 12.1. The summed E-state index contributed by atoms with van der Waals surface area (Å²) in [5, 5.41) is 1.54. The van der Waals surface area contributed by atoms with E-state index >= 15 is 0 Å². The van der Waals surface area contributed by atoms with Crippen LogP contribution < -0.4 is 5.32 Å². The van der Waals surface area contributed by atoms with Crippen LogP contribution in [0.15, 0.2) is 29.2 Å². The molecule has 1 N–H and O–H groups in total. The molecule has 0 saturated heterocycles. The van der Waals surface area contributed by atoms with Crippen molar-refractivity contribution in [2.45, 2.75) is 16.8 Å². The van der Waals surface area contributed by atoms with Crippen molar-refractivity contribution >= 4 is 23.4 Å². The first-order valence-electron chi connectivity index (χ1n) is 4.22. The van der Waals surface area contributed by atoms with E-state index in [1.54, 1.807) is 0 Å². The number of hydrogen-bond acceptors (Lipinski definition) is 2. The molecule has 0 bridgehead atoms. The van der Waals surface area contributed by atoms with Gasteiger partial charge < -0.3 is 5.32 Å². The number of nitrogens with one attached hydrogen (secondary N) is 1. The van der Waals surface area contributed by atoms with Gasteiger partial charge in [-0.2, -0.15) is 22.0 Å². The second-order valence-electron chi connectivity index (χ2n) is 2.83. The number of amides is 1. The van der Waals surface area contributed by atoms with Gasteiger partial charge in [-0.3, -0.25) is 4.79 Å². The highest BCUT2D eigenvalue weighted by atomic mass is 32.2. The van der Waals surface area contributed by atoms with Gasteiger partial charge in [-0.25, -0.2) is 0 Å². The molecule has 0 aliphatic carbocycles. The van der Waals surface area contributed by atoms with E-state index in [1.807, 2.05) is 0 Å². The van der Waals surface area contributed by atoms with Gasteiger partial charge in [-0.05, 0) is 12.1 Å². The van der Waals surface area contributed by atoms with Crippen molar-refractivity contribution in [1.82, 2.24) is 0 Å². The number of rotatable bonds is 3. The fourth-order valence-electron chi connectivity index (χ4n) is 0.962. The van der Waals surface area contributed by atoms with Gasteiger partial charge in [0.25, 0.3) is 5.76 Å². The average Bonchev–Trinajstić information content (AvgIpc) is 2.18. The van der Waals surface area contributed by atoms with Crippen molar-refractivity contribution in [3.63, 3.8) is 0 Å². The largest absolute Gasteiger partial charge is 0.471 e. The zero-order chi connectivity index (χ0) is 13.1. The van der Waals surface area contributed by atoms with E-state index in [2.05, 4.69) is 0 Å². The van der Waals surface area contributed by atoms with E-state index in [1.165, 1.54) is 23.5 Å². The van der Waals surface area contributed by atoms with Crippen LogP contribution in [-0.4, -0.2) is 17.8 Å². The fraction of sp³-hybridized carbons (Fsp3) is 0.222. The number of halogens is 5. The smallest absolute Gasteiger partial charge is 0.317 e. The van der Waals surface area contributed by atoms with E-state index < -0.39 is 17.8 Å². The molecule has 0 unspecified atom stereocenters. The van der Waals surface area contributed by atoms with Gasteiger partial charge in [-0.1, -0.05) is 23.9 Å². The third-order valence-corrected chi connectivity index (χ3v) is 2.40. The highest BCUT2D eigenvalue weighted by molar-refractivity contribution is 7.99. The molecule has 0 heterocycles. The van der Waals surface area contributed by atoms with E-state index in [-0.39, 0.29) is 22.3 Å². The van der Waals surface area contributed by atoms with Crippen LogP contribution in [0.4, 0.5) is 27.6 Å². The van der Waals surface area contributed by atoms with Gasteiger partial charge in [-0.15, -0.1) is 0 Å². The van der Waals surface area contributed by atoms with E-state index in [0.717, 1.165) is 6.07 Å². The molecule has 1 aromatic rings. The zero-order valence-electron chi connectivity index (χ0n) is 8.09. The Morgan fingerprint density at radius 3 is 2.35 bits per heavy atom. The van der Waals surface area contributed by atoms with Gasteiger partial charge in [0.05, 0.1) is 5.69 Å². The van der Waals surface area contributed by atoms with E-state index in [4.69, 9.17) is 0 Å². The van der Waals surface area contributed by atoms with Gasteiger partial charge in [0.15, 0.2) is 0 Å². The first kappa shape index (κ1) is 13.8. The van der Waals surface area contributed by atoms with Crippen molar-refractivity contribution in [3.05, 3.63) is 24.3 Å². The van der Waals surface area contributed by atoms with Crippen LogP contribution in [0.1, 0.15) is 0 Å². The molecule has 0 spiro atoms. The maximum atomic E-state index is 12.1. The number of para-hydroxylation sites is 1. The zero-order valence-corrected chi connectivity index (χ0v) is 8.91. The van der Waals surface area contributed by atoms with Crippen molar-refractivity contribution in [1.29, 1.82) is 0 Å². The molecule has 94 valence electrons. The standard InChI is InChI=1S/C9H6F5NOS/c10-8(11)17-6-4-2-1-3-5(6)15-7(16)9(12,13)14/h1-4,8H,(H,15,16). The van der Waals surface area contributed by atoms with Crippen LogP contribution in [0.2, 0.25) is 0 Å². The Labute approximate surface area is 97.2 Å². The van der Waals surface area contributed by atoms with Crippen LogP contribution in [0.25, 0.3) is 0 Å². The van der Waals surface area contributed by atoms with Crippen molar-refractivity contribution in [3.8, 4) is 0 Å². The minimum atomic E-state index is -5.05. The van der Waals surface area contributed by atoms with E-state index in [9.17, 15) is 26.7 Å². The van der Waals surface area contributed by atoms with Crippen LogP contribution in [-0.2, 0) is 4.79 Å². The molecule has 1 rings (SSSR count). The molecule has 1 aromatic carbocycles. The highest BCUT2D eigenvalue weighted by Gasteiger charge is 2.39. The fourth-order valence-corrected chi connectivity index (χ4v) is 1.56. The lowest BCUT2D eigenvalue weighted by molar-refractivity contribution is -0.167. The van der Waals surface area contributed by atoms with Gasteiger partial charge in [0, 0.05) is 4.90 Å². The predicted molar refractivity (Wildman–Crippen MR) is 53.0 cm³/mol. The van der Waals surface area contributed by atoms with Crippen molar-refractivity contribution in [2.75, 3.05) is 5.32 Å². The predicted octanol–water partition coefficient (Wildman–Crippen LogP) is 3.50. The first-order valence-corrected chi connectivity index (χ1v) is 5.10. The summed E-state index contributed by atoms with van der Waals surface area (Å²) >= 11 is 0.0623. The molecule has 2 nitrogen and oxygen atoms in total. The molecular weight excluding hydrogens is 265 g/mol. The lowest BCUT2D eigenvalue weighted by atomic mass is 10.3. The molecule has 0 aromatic heterocycles. The molecule has 0 saturated carbocycles. The van der Waals surface area contributed by atoms with Crippen LogP contribution in [0.3, 0.4) is 0 Å². The Hall–Kier alpha value is -1.31. The van der Waals surface area contributed by atoms with Gasteiger partial charge in [0.1, 0.15) is 0 Å². The summed E-state index contributed by atoms with van der Waals surface area (Å²) in [6.45, 7) is 0. The number of anilines is 1. The van der Waals surface area contributed by atoms with Crippen molar-refractivity contribution < 1.29 is 26.7 Å². The molecule has 0 aliphatic heterocycles. The summed E-state index contributed by atoms with van der Waals surface area (Å²) < 4.78 is 60.1. The van der Waals surface area contributed by atoms with Gasteiger partial charge >= 0.3 is 12.1 Å². The summed E-state index contributed by atoms with van der Waals surface area (Å²) in [6, 6.07) is 5.03. The lowest BCUT2D eigenvalue weighted by Crippen LogP contribution is -2.30. The number of benzene rings is 1. The number of thioether (sulfide) groups is 1. The summed E-state index contributed by atoms with van der Waals surface area (Å²) in [4.78, 5) is 10.5. The molecule has 0 fully saturated rings. The maximum Gasteiger partial charge on any atom is 0.471 e. The normalized spacial score (nSPS) is 11.6. The second-order valence-corrected chi connectivity index (χ2v) is 3.86. The Balaban J connectivity index is 2.87. The molecule has 0 aliphatic rings. The first-order chi connectivity index (χ1) is 7.80. The monoisotopic (exact) mass is 271 g/mol. The third kappa shape index (κ3) is 4.22. The SMILES string of the molecule is O=C(Nc1ccccc1SC(F)F)C(F)(F)F. The average molecular weight is 271 g/mol. The Bertz CT molecular complexity index is 407. The quantitative estimate of drug-likeness (QED) is 0.673. The topological polar surface area (TPSA) is 29.1 Å². The molecular formula is C9H6F5NOS. The molecule has 0 radical (unpaired) electrons. The van der Waals surface area contributed by atoms with Crippen LogP contribution in [0, 0.1) is 0 Å². The number of alkyl halides is 5. The minimum Gasteiger partial charge on any atom is -0.317 e. The Morgan fingerprint density at radius 1 is 1.24 bits per heavy atom. The summed E-state index contributed by atoms with van der Waals surface area (Å²) in [5.74, 6) is -4.97. The second kappa shape index (κ2) is 5.35. The molecule has 1 amide bonds. The molecule has 17 heavy (non-hydrogen) atoms. The van der Waals surface area contributed by atoms with Crippen LogP contribution >= 0.6 is 11.8 Å². The Kier molecular flexibility index (Phi) is 4.33. The summed E-state index contributed by atoms with van der Waals surface area (Å²) in [6.07, 6.45) is -5.05. The number of hydrogen-bond donors (Lipinski definition) is 1. The molecule has 0 atom stereocenters. The summed E-state index contributed by atoms with van der Waals surface area (Å²) in [7, 11) is 0. The number of carbonyl (C=O) groups excluding carboxylic acids is 1. The highest BCUT2D eigenvalue weighted by Crippen LogP contribution is 2.32. The number of carbonyl (C=O) groups is 1.